The SMILES string of the molecule is COc1ncnc(OC)c1C(=O)Nc1nc(C(F)(F)F)c(CN(C)C(C)(C)C)s1. The minimum absolute atomic E-state index is 0.00605. The number of thiazole rings is 1. The van der Waals surface area contributed by atoms with Crippen LogP contribution in [0.25, 0.3) is 0 Å². The second-order valence-corrected chi connectivity index (χ2v) is 8.12. The molecule has 0 atom stereocenters. The smallest absolute Gasteiger partial charge is 0.434 e. The zero-order chi connectivity index (χ0) is 22.0. The lowest BCUT2D eigenvalue weighted by molar-refractivity contribution is -0.141. The van der Waals surface area contributed by atoms with Crippen LogP contribution in [0.2, 0.25) is 0 Å². The van der Waals surface area contributed by atoms with Crippen LogP contribution in [-0.4, -0.2) is 52.6 Å². The maximum Gasteiger partial charge on any atom is 0.434 e. The largest absolute Gasteiger partial charge is 0.480 e. The molecule has 0 fully saturated rings. The summed E-state index contributed by atoms with van der Waals surface area (Å²) in [4.78, 5) is 25.6. The van der Waals surface area contributed by atoms with Crippen molar-refractivity contribution in [3.8, 4) is 11.8 Å². The molecule has 0 spiro atoms. The highest BCUT2D eigenvalue weighted by Gasteiger charge is 2.38. The highest BCUT2D eigenvalue weighted by atomic mass is 32.1. The standard InChI is InChI=1S/C17H22F3N5O3S/c1-16(2,3)25(4)7-9-11(17(18,19)20)23-15(29-9)24-12(26)10-13(27-5)21-8-22-14(10)28-6/h8H,7H2,1-6H3,(H,23,24,26). The third kappa shape index (κ3) is 5.32. The summed E-state index contributed by atoms with van der Waals surface area (Å²) in [5.74, 6) is -0.943. The summed E-state index contributed by atoms with van der Waals surface area (Å²) in [6, 6.07) is 0. The van der Waals surface area contributed by atoms with Crippen LogP contribution in [-0.2, 0) is 12.7 Å². The minimum Gasteiger partial charge on any atom is -0.480 e. The van der Waals surface area contributed by atoms with E-state index >= 15 is 0 Å². The fourth-order valence-electron chi connectivity index (χ4n) is 2.20. The number of aromatic nitrogens is 3. The lowest BCUT2D eigenvalue weighted by atomic mass is 10.1. The van der Waals surface area contributed by atoms with Gasteiger partial charge in [-0.1, -0.05) is 11.3 Å². The van der Waals surface area contributed by atoms with Gasteiger partial charge in [-0.05, 0) is 27.8 Å². The van der Waals surface area contributed by atoms with Crippen LogP contribution in [0.5, 0.6) is 11.8 Å². The van der Waals surface area contributed by atoms with Crippen LogP contribution in [0.3, 0.4) is 0 Å². The Labute approximate surface area is 170 Å². The monoisotopic (exact) mass is 433 g/mol. The normalized spacial score (nSPS) is 12.2. The highest BCUT2D eigenvalue weighted by Crippen LogP contribution is 2.38. The van der Waals surface area contributed by atoms with Gasteiger partial charge >= 0.3 is 6.18 Å². The van der Waals surface area contributed by atoms with E-state index < -0.39 is 17.8 Å². The molecule has 0 aliphatic rings. The summed E-state index contributed by atoms with van der Waals surface area (Å²) < 4.78 is 50.4. The van der Waals surface area contributed by atoms with Gasteiger partial charge in [0, 0.05) is 12.1 Å². The Hall–Kier alpha value is -2.47. The summed E-state index contributed by atoms with van der Waals surface area (Å²) in [7, 11) is 4.31. The Kier molecular flexibility index (Phi) is 6.68. The van der Waals surface area contributed by atoms with Gasteiger partial charge in [-0.15, -0.1) is 0 Å². The predicted molar refractivity (Wildman–Crippen MR) is 101 cm³/mol. The third-order valence-electron chi connectivity index (χ3n) is 4.10. The molecule has 12 heteroatoms. The van der Waals surface area contributed by atoms with Gasteiger partial charge in [0.25, 0.3) is 5.91 Å². The maximum absolute atomic E-state index is 13.5. The molecule has 0 radical (unpaired) electrons. The first-order valence-electron chi connectivity index (χ1n) is 8.41. The van der Waals surface area contributed by atoms with Crippen LogP contribution in [0.4, 0.5) is 18.3 Å². The summed E-state index contributed by atoms with van der Waals surface area (Å²) >= 11 is 0.754. The molecule has 0 saturated heterocycles. The molecule has 1 N–H and O–H groups in total. The number of halogens is 3. The number of hydrogen-bond acceptors (Lipinski definition) is 8. The van der Waals surface area contributed by atoms with Crippen LogP contribution >= 0.6 is 11.3 Å². The molecule has 0 aliphatic carbocycles. The van der Waals surface area contributed by atoms with Gasteiger partial charge in [-0.25, -0.2) is 15.0 Å². The molecule has 0 unspecified atom stereocenters. The van der Waals surface area contributed by atoms with Gasteiger partial charge in [0.05, 0.1) is 19.1 Å². The number of rotatable bonds is 6. The van der Waals surface area contributed by atoms with Gasteiger partial charge in [0.1, 0.15) is 6.33 Å². The molecule has 0 bridgehead atoms. The number of carbonyl (C=O) groups excluding carboxylic acids is 1. The first-order chi connectivity index (χ1) is 13.4. The van der Waals surface area contributed by atoms with Crippen molar-refractivity contribution in [2.45, 2.75) is 39.0 Å². The molecule has 2 aromatic heterocycles. The average molecular weight is 433 g/mol. The number of carbonyl (C=O) groups is 1. The first kappa shape index (κ1) is 22.8. The average Bonchev–Trinajstić information content (AvgIpc) is 3.02. The van der Waals surface area contributed by atoms with E-state index in [0.717, 1.165) is 17.7 Å². The lowest BCUT2D eigenvalue weighted by Gasteiger charge is -2.31. The highest BCUT2D eigenvalue weighted by molar-refractivity contribution is 7.15. The molecule has 2 aromatic rings. The third-order valence-corrected chi connectivity index (χ3v) is 5.06. The number of hydrogen-bond donors (Lipinski definition) is 1. The number of alkyl halides is 3. The molecule has 2 heterocycles. The molecule has 1 amide bonds. The Balaban J connectivity index is 2.38. The molecule has 0 aromatic carbocycles. The van der Waals surface area contributed by atoms with Gasteiger partial charge in [0.2, 0.25) is 11.8 Å². The molecular weight excluding hydrogens is 411 g/mol. The lowest BCUT2D eigenvalue weighted by Crippen LogP contribution is -2.37. The van der Waals surface area contributed by atoms with Gasteiger partial charge < -0.3 is 9.47 Å². The van der Waals surface area contributed by atoms with Crippen LogP contribution in [0.1, 0.15) is 41.7 Å². The van der Waals surface area contributed by atoms with Crippen LogP contribution in [0.15, 0.2) is 6.33 Å². The molecule has 29 heavy (non-hydrogen) atoms. The first-order valence-corrected chi connectivity index (χ1v) is 9.22. The van der Waals surface area contributed by atoms with Crippen LogP contribution in [0, 0.1) is 0 Å². The second kappa shape index (κ2) is 8.49. The van der Waals surface area contributed by atoms with E-state index in [9.17, 15) is 18.0 Å². The van der Waals surface area contributed by atoms with Crippen molar-refractivity contribution in [3.63, 3.8) is 0 Å². The number of anilines is 1. The fourth-order valence-corrected chi connectivity index (χ4v) is 3.23. The van der Waals surface area contributed by atoms with Gasteiger partial charge in [0.15, 0.2) is 16.4 Å². The van der Waals surface area contributed by atoms with Gasteiger partial charge in [-0.3, -0.25) is 15.0 Å². The topological polar surface area (TPSA) is 89.5 Å². The summed E-state index contributed by atoms with van der Waals surface area (Å²) in [6.07, 6.45) is -3.52. The van der Waals surface area contributed by atoms with Crippen molar-refractivity contribution >= 4 is 22.4 Å². The minimum atomic E-state index is -4.65. The van der Waals surface area contributed by atoms with Crippen LogP contribution < -0.4 is 14.8 Å². The number of nitrogens with one attached hydrogen (secondary N) is 1. The van der Waals surface area contributed by atoms with Crippen molar-refractivity contribution in [2.24, 2.45) is 0 Å². The molecule has 2 rings (SSSR count). The quantitative estimate of drug-likeness (QED) is 0.746. The summed E-state index contributed by atoms with van der Waals surface area (Å²) in [6.45, 7) is 5.68. The fraction of sp³-hybridized carbons (Fsp3) is 0.529. The van der Waals surface area contributed by atoms with Crippen molar-refractivity contribution < 1.29 is 27.4 Å². The van der Waals surface area contributed by atoms with E-state index in [-0.39, 0.29) is 39.4 Å². The Bertz CT molecular complexity index is 858. The Morgan fingerprint density at radius 2 is 1.72 bits per heavy atom. The van der Waals surface area contributed by atoms with E-state index in [1.807, 2.05) is 20.8 Å². The number of amides is 1. The van der Waals surface area contributed by atoms with Gasteiger partial charge in [-0.2, -0.15) is 13.2 Å². The van der Waals surface area contributed by atoms with Crippen molar-refractivity contribution in [2.75, 3.05) is 26.6 Å². The summed E-state index contributed by atoms with van der Waals surface area (Å²) in [5.41, 5.74) is -1.52. The number of nitrogens with zero attached hydrogens (tertiary/aromatic N) is 4. The van der Waals surface area contributed by atoms with E-state index in [0.29, 0.717) is 0 Å². The molecule has 0 saturated carbocycles. The van der Waals surface area contributed by atoms with Crippen molar-refractivity contribution in [1.29, 1.82) is 0 Å². The Morgan fingerprint density at radius 1 is 1.17 bits per heavy atom. The second-order valence-electron chi connectivity index (χ2n) is 7.04. The van der Waals surface area contributed by atoms with E-state index in [1.54, 1.807) is 11.9 Å². The number of ether oxygens (including phenoxy) is 2. The molecular formula is C17H22F3N5O3S. The van der Waals surface area contributed by atoms with E-state index in [1.165, 1.54) is 14.2 Å². The molecule has 0 aliphatic heterocycles. The summed E-state index contributed by atoms with van der Waals surface area (Å²) in [5, 5.41) is 2.16. The van der Waals surface area contributed by atoms with Crippen molar-refractivity contribution in [1.82, 2.24) is 19.9 Å². The zero-order valence-electron chi connectivity index (χ0n) is 16.8. The predicted octanol–water partition coefficient (Wildman–Crippen LogP) is 3.45. The number of methoxy groups -OCH3 is 2. The zero-order valence-corrected chi connectivity index (χ0v) is 17.7. The van der Waals surface area contributed by atoms with E-state index in [4.69, 9.17) is 9.47 Å². The maximum atomic E-state index is 13.5. The van der Waals surface area contributed by atoms with E-state index in [2.05, 4.69) is 20.3 Å². The molecule has 8 nitrogen and oxygen atoms in total. The Morgan fingerprint density at radius 3 is 2.17 bits per heavy atom. The molecule has 160 valence electrons. The van der Waals surface area contributed by atoms with Crippen molar-refractivity contribution in [3.05, 3.63) is 22.5 Å².